The normalized spacial score (nSPS) is 10.3. The zero-order valence-electron chi connectivity index (χ0n) is 7.14. The van der Waals surface area contributed by atoms with Crippen LogP contribution in [0.2, 0.25) is 0 Å². The molecule has 0 aliphatic heterocycles. The predicted molar refractivity (Wildman–Crippen MR) is 56.7 cm³/mol. The van der Waals surface area contributed by atoms with Gasteiger partial charge in [0.25, 0.3) is 0 Å². The lowest BCUT2D eigenvalue weighted by Gasteiger charge is -1.91. The summed E-state index contributed by atoms with van der Waals surface area (Å²) in [5.74, 6) is 0.0659. The van der Waals surface area contributed by atoms with Crippen LogP contribution < -0.4 is 5.73 Å². The van der Waals surface area contributed by atoms with Crippen LogP contribution in [-0.2, 0) is 6.42 Å². The van der Waals surface area contributed by atoms with Crippen molar-refractivity contribution in [3.05, 3.63) is 27.4 Å². The standard InChI is InChI=1S/C8H7N3OS2/c9-8-11-10-7(14-8)4-5(12)6-2-1-3-13-6/h1-3H,4H2,(H2,9,11). The molecule has 0 aliphatic rings. The molecule has 72 valence electrons. The first kappa shape index (κ1) is 9.29. The van der Waals surface area contributed by atoms with Crippen LogP contribution in [-0.4, -0.2) is 16.0 Å². The quantitative estimate of drug-likeness (QED) is 0.806. The highest BCUT2D eigenvalue weighted by Crippen LogP contribution is 2.16. The van der Waals surface area contributed by atoms with Gasteiger partial charge >= 0.3 is 0 Å². The van der Waals surface area contributed by atoms with Gasteiger partial charge in [-0.2, -0.15) is 0 Å². The van der Waals surface area contributed by atoms with Gasteiger partial charge in [-0.25, -0.2) is 0 Å². The Kier molecular flexibility index (Phi) is 2.55. The maximum atomic E-state index is 11.6. The molecule has 6 heteroatoms. The second kappa shape index (κ2) is 3.85. The zero-order chi connectivity index (χ0) is 9.97. The summed E-state index contributed by atoms with van der Waals surface area (Å²) in [5, 5.41) is 10.4. The van der Waals surface area contributed by atoms with Crippen LogP contribution in [0, 0.1) is 0 Å². The van der Waals surface area contributed by atoms with Gasteiger partial charge in [-0.1, -0.05) is 17.4 Å². The van der Waals surface area contributed by atoms with Crippen LogP contribution in [0.25, 0.3) is 0 Å². The van der Waals surface area contributed by atoms with E-state index in [-0.39, 0.29) is 12.2 Å². The molecule has 0 fully saturated rings. The molecule has 0 saturated heterocycles. The van der Waals surface area contributed by atoms with Crippen LogP contribution in [0.1, 0.15) is 14.7 Å². The van der Waals surface area contributed by atoms with Crippen molar-refractivity contribution in [3.63, 3.8) is 0 Å². The highest BCUT2D eigenvalue weighted by Gasteiger charge is 2.10. The van der Waals surface area contributed by atoms with Crippen molar-refractivity contribution < 1.29 is 4.79 Å². The minimum atomic E-state index is 0.0659. The Morgan fingerprint density at radius 2 is 2.36 bits per heavy atom. The molecule has 0 atom stereocenters. The number of nitrogens with zero attached hydrogens (tertiary/aromatic N) is 2. The number of Topliss-reactive ketones (excluding diaryl/α,β-unsaturated/α-hetero) is 1. The van der Waals surface area contributed by atoms with E-state index in [4.69, 9.17) is 5.73 Å². The van der Waals surface area contributed by atoms with Crippen molar-refractivity contribution in [2.24, 2.45) is 0 Å². The van der Waals surface area contributed by atoms with Gasteiger partial charge in [-0.15, -0.1) is 21.5 Å². The minimum absolute atomic E-state index is 0.0659. The molecule has 0 unspecified atom stereocenters. The molecule has 0 bridgehead atoms. The van der Waals surface area contributed by atoms with Gasteiger partial charge in [-0.05, 0) is 11.4 Å². The van der Waals surface area contributed by atoms with Crippen molar-refractivity contribution in [1.29, 1.82) is 0 Å². The van der Waals surface area contributed by atoms with Gasteiger partial charge < -0.3 is 5.73 Å². The monoisotopic (exact) mass is 225 g/mol. The predicted octanol–water partition coefficient (Wildman–Crippen LogP) is 1.61. The summed E-state index contributed by atoms with van der Waals surface area (Å²) in [6, 6.07) is 3.66. The molecule has 2 heterocycles. The average Bonchev–Trinajstić information content (AvgIpc) is 2.75. The number of nitrogen functional groups attached to an aromatic ring is 1. The second-order valence-corrected chi connectivity index (χ2v) is 4.65. The van der Waals surface area contributed by atoms with Crippen molar-refractivity contribution >= 4 is 33.6 Å². The van der Waals surface area contributed by atoms with Gasteiger partial charge in [0.15, 0.2) is 5.78 Å². The average molecular weight is 225 g/mol. The molecule has 0 radical (unpaired) electrons. The van der Waals surface area contributed by atoms with Crippen molar-refractivity contribution in [1.82, 2.24) is 10.2 Å². The lowest BCUT2D eigenvalue weighted by Crippen LogP contribution is -2.00. The Morgan fingerprint density at radius 1 is 1.50 bits per heavy atom. The third-order valence-corrected chi connectivity index (χ3v) is 3.25. The van der Waals surface area contributed by atoms with E-state index in [1.54, 1.807) is 6.07 Å². The SMILES string of the molecule is Nc1nnc(CC(=O)c2cccs2)s1. The Labute approximate surface area is 88.4 Å². The van der Waals surface area contributed by atoms with Crippen LogP contribution in [0.3, 0.4) is 0 Å². The number of aromatic nitrogens is 2. The van der Waals surface area contributed by atoms with Gasteiger partial charge in [-0.3, -0.25) is 4.79 Å². The van der Waals surface area contributed by atoms with Crippen molar-refractivity contribution in [3.8, 4) is 0 Å². The summed E-state index contributed by atoms with van der Waals surface area (Å²) in [4.78, 5) is 12.3. The fourth-order valence-corrected chi connectivity index (χ4v) is 2.27. The topological polar surface area (TPSA) is 68.9 Å². The smallest absolute Gasteiger partial charge is 0.203 e. The lowest BCUT2D eigenvalue weighted by atomic mass is 10.2. The Morgan fingerprint density at radius 3 is 2.93 bits per heavy atom. The second-order valence-electron chi connectivity index (χ2n) is 2.61. The van der Waals surface area contributed by atoms with Crippen molar-refractivity contribution in [2.45, 2.75) is 6.42 Å². The summed E-state index contributed by atoms with van der Waals surface area (Å²) in [5.41, 5.74) is 5.41. The number of anilines is 1. The van der Waals surface area contributed by atoms with E-state index in [1.807, 2.05) is 11.4 Å². The molecule has 2 N–H and O–H groups in total. The largest absolute Gasteiger partial charge is 0.374 e. The number of carbonyl (C=O) groups is 1. The third-order valence-electron chi connectivity index (χ3n) is 1.59. The van der Waals surface area contributed by atoms with E-state index in [0.717, 1.165) is 4.88 Å². The summed E-state index contributed by atoms with van der Waals surface area (Å²) in [7, 11) is 0. The first-order chi connectivity index (χ1) is 6.75. The van der Waals surface area contributed by atoms with Crippen molar-refractivity contribution in [2.75, 3.05) is 5.73 Å². The van der Waals surface area contributed by atoms with Crippen LogP contribution >= 0.6 is 22.7 Å². The molecule has 0 aromatic carbocycles. The molecule has 0 aliphatic carbocycles. The number of ketones is 1. The van der Waals surface area contributed by atoms with Crippen LogP contribution in [0.5, 0.6) is 0 Å². The van der Waals surface area contributed by atoms with Gasteiger partial charge in [0, 0.05) is 0 Å². The number of thiophene rings is 1. The molecular formula is C8H7N3OS2. The number of hydrogen-bond acceptors (Lipinski definition) is 6. The molecule has 0 saturated carbocycles. The van der Waals surface area contributed by atoms with Gasteiger partial charge in [0.2, 0.25) is 5.13 Å². The zero-order valence-corrected chi connectivity index (χ0v) is 8.77. The van der Waals surface area contributed by atoms with E-state index in [1.165, 1.54) is 22.7 Å². The van der Waals surface area contributed by atoms with Gasteiger partial charge in [0.05, 0.1) is 11.3 Å². The molecule has 2 rings (SSSR count). The maximum absolute atomic E-state index is 11.6. The number of hydrogen-bond donors (Lipinski definition) is 1. The van der Waals surface area contributed by atoms with E-state index in [0.29, 0.717) is 10.1 Å². The molecule has 2 aromatic heterocycles. The summed E-state index contributed by atoms with van der Waals surface area (Å²) >= 11 is 2.69. The first-order valence-corrected chi connectivity index (χ1v) is 5.60. The number of carbonyl (C=O) groups excluding carboxylic acids is 1. The van der Waals surface area contributed by atoms with Gasteiger partial charge in [0.1, 0.15) is 5.01 Å². The fraction of sp³-hybridized carbons (Fsp3) is 0.125. The highest BCUT2D eigenvalue weighted by molar-refractivity contribution is 7.15. The van der Waals surface area contributed by atoms with E-state index < -0.39 is 0 Å². The fourth-order valence-electron chi connectivity index (χ4n) is 1.000. The highest BCUT2D eigenvalue weighted by atomic mass is 32.1. The third kappa shape index (κ3) is 1.97. The van der Waals surface area contributed by atoms with Crippen LogP contribution in [0.4, 0.5) is 5.13 Å². The summed E-state index contributed by atoms with van der Waals surface area (Å²) in [6.45, 7) is 0. The molecule has 14 heavy (non-hydrogen) atoms. The summed E-state index contributed by atoms with van der Waals surface area (Å²) < 4.78 is 0. The minimum Gasteiger partial charge on any atom is -0.374 e. The van der Waals surface area contributed by atoms with E-state index in [9.17, 15) is 4.79 Å². The lowest BCUT2D eigenvalue weighted by molar-refractivity contribution is 0.0996. The Hall–Kier alpha value is -1.27. The van der Waals surface area contributed by atoms with Crippen LogP contribution in [0.15, 0.2) is 17.5 Å². The number of nitrogens with two attached hydrogens (primary N) is 1. The van der Waals surface area contributed by atoms with E-state index >= 15 is 0 Å². The molecular weight excluding hydrogens is 218 g/mol. The molecule has 0 spiro atoms. The summed E-state index contributed by atoms with van der Waals surface area (Å²) in [6.07, 6.45) is 0.287. The maximum Gasteiger partial charge on any atom is 0.203 e. The number of rotatable bonds is 3. The molecule has 2 aromatic rings. The van der Waals surface area contributed by atoms with E-state index in [2.05, 4.69) is 10.2 Å². The Balaban J connectivity index is 2.09. The first-order valence-electron chi connectivity index (χ1n) is 3.90. The molecule has 4 nitrogen and oxygen atoms in total. The Bertz CT molecular complexity index is 435. The molecule has 0 amide bonds.